The van der Waals surface area contributed by atoms with E-state index in [9.17, 15) is 19.3 Å². The van der Waals surface area contributed by atoms with E-state index in [4.69, 9.17) is 11.6 Å². The Kier molecular flexibility index (Phi) is 5.77. The molecule has 158 valence electrons. The zero-order valence-electron chi connectivity index (χ0n) is 16.2. The monoisotopic (exact) mass is 441 g/mol. The number of nitro benzene ring substituents is 1. The highest BCUT2D eigenvalue weighted by molar-refractivity contribution is 6.32. The maximum absolute atomic E-state index is 13.1. The van der Waals surface area contributed by atoms with Gasteiger partial charge in [-0.05, 0) is 48.5 Å². The number of carbonyl (C=O) groups is 1. The summed E-state index contributed by atoms with van der Waals surface area (Å²) in [5.74, 6) is 0.0891. The number of aromatic nitrogens is 2. The molecule has 0 spiro atoms. The van der Waals surface area contributed by atoms with Crippen molar-refractivity contribution in [2.24, 2.45) is 0 Å². The Hall–Kier alpha value is -3.59. The third-order valence-electron chi connectivity index (χ3n) is 5.07. The van der Waals surface area contributed by atoms with E-state index in [1.165, 1.54) is 30.3 Å². The quantitative estimate of drug-likeness (QED) is 0.451. The van der Waals surface area contributed by atoms with Gasteiger partial charge in [-0.3, -0.25) is 14.9 Å². The molecular formula is C21H17ClFN5O3. The molecule has 4 rings (SSSR count). The molecule has 1 saturated heterocycles. The zero-order valence-corrected chi connectivity index (χ0v) is 17.0. The van der Waals surface area contributed by atoms with Gasteiger partial charge in [-0.25, -0.2) is 4.39 Å². The second kappa shape index (κ2) is 8.65. The van der Waals surface area contributed by atoms with Gasteiger partial charge in [-0.15, -0.1) is 10.2 Å². The Morgan fingerprint density at radius 3 is 2.32 bits per heavy atom. The van der Waals surface area contributed by atoms with Gasteiger partial charge in [-0.1, -0.05) is 11.6 Å². The van der Waals surface area contributed by atoms with Crippen LogP contribution in [0.5, 0.6) is 0 Å². The summed E-state index contributed by atoms with van der Waals surface area (Å²) in [6, 6.07) is 13.7. The lowest BCUT2D eigenvalue weighted by Crippen LogP contribution is -2.49. The predicted octanol–water partition coefficient (Wildman–Crippen LogP) is 3.81. The van der Waals surface area contributed by atoms with Crippen molar-refractivity contribution in [3.05, 3.63) is 81.1 Å². The third kappa shape index (κ3) is 4.46. The van der Waals surface area contributed by atoms with Crippen molar-refractivity contribution in [3.8, 4) is 11.3 Å². The Balaban J connectivity index is 1.40. The van der Waals surface area contributed by atoms with Gasteiger partial charge in [0.2, 0.25) is 0 Å². The van der Waals surface area contributed by atoms with Crippen LogP contribution < -0.4 is 4.90 Å². The van der Waals surface area contributed by atoms with Crippen molar-refractivity contribution in [1.29, 1.82) is 0 Å². The van der Waals surface area contributed by atoms with Crippen molar-refractivity contribution < 1.29 is 14.1 Å². The van der Waals surface area contributed by atoms with E-state index in [0.717, 1.165) is 5.56 Å². The number of amides is 1. The number of hydrogen-bond acceptors (Lipinski definition) is 6. The normalized spacial score (nSPS) is 13.9. The topological polar surface area (TPSA) is 92.5 Å². The highest BCUT2D eigenvalue weighted by Gasteiger charge is 2.25. The van der Waals surface area contributed by atoms with Crippen molar-refractivity contribution in [2.75, 3.05) is 31.1 Å². The average Bonchev–Trinajstić information content (AvgIpc) is 2.79. The lowest BCUT2D eigenvalue weighted by Gasteiger charge is -2.35. The van der Waals surface area contributed by atoms with Crippen LogP contribution in [0.3, 0.4) is 0 Å². The van der Waals surface area contributed by atoms with Crippen molar-refractivity contribution in [2.45, 2.75) is 0 Å². The van der Waals surface area contributed by atoms with E-state index in [2.05, 4.69) is 10.2 Å². The molecular weight excluding hydrogens is 425 g/mol. The number of anilines is 1. The molecule has 1 aliphatic heterocycles. The number of nitro groups is 1. The summed E-state index contributed by atoms with van der Waals surface area (Å²) in [5.41, 5.74) is 1.35. The molecule has 0 unspecified atom stereocenters. The van der Waals surface area contributed by atoms with Crippen LogP contribution in [0, 0.1) is 15.9 Å². The number of rotatable bonds is 4. The standard InChI is InChI=1S/C21H17ClFN5O3/c22-17-6-3-15(13-19(17)28(30)31)21(29)27-11-9-26(10-12-27)20-8-7-18(24-25-20)14-1-4-16(23)5-2-14/h1-8,13H,9-12H2. The molecule has 0 aliphatic carbocycles. The first-order valence-electron chi connectivity index (χ1n) is 9.50. The van der Waals surface area contributed by atoms with Gasteiger partial charge >= 0.3 is 0 Å². The minimum Gasteiger partial charge on any atom is -0.352 e. The summed E-state index contributed by atoms with van der Waals surface area (Å²) >= 11 is 5.82. The lowest BCUT2D eigenvalue weighted by molar-refractivity contribution is -0.384. The summed E-state index contributed by atoms with van der Waals surface area (Å²) < 4.78 is 13.1. The number of halogens is 2. The summed E-state index contributed by atoms with van der Waals surface area (Å²) in [4.78, 5) is 26.9. The van der Waals surface area contributed by atoms with E-state index >= 15 is 0 Å². The van der Waals surface area contributed by atoms with Crippen molar-refractivity contribution >= 4 is 29.0 Å². The van der Waals surface area contributed by atoms with Crippen LogP contribution in [-0.4, -0.2) is 52.1 Å². The number of hydrogen-bond donors (Lipinski definition) is 0. The van der Waals surface area contributed by atoms with Crippen molar-refractivity contribution in [1.82, 2.24) is 15.1 Å². The van der Waals surface area contributed by atoms with Gasteiger partial charge < -0.3 is 9.80 Å². The largest absolute Gasteiger partial charge is 0.352 e. The molecule has 0 saturated carbocycles. The second-order valence-corrected chi connectivity index (χ2v) is 7.39. The molecule has 0 bridgehead atoms. The molecule has 10 heteroatoms. The molecule has 1 fully saturated rings. The van der Waals surface area contributed by atoms with Gasteiger partial charge in [0.05, 0.1) is 10.6 Å². The van der Waals surface area contributed by atoms with Crippen LogP contribution in [0.4, 0.5) is 15.9 Å². The van der Waals surface area contributed by atoms with E-state index in [0.29, 0.717) is 37.7 Å². The molecule has 3 aromatic rings. The van der Waals surface area contributed by atoms with Crippen LogP contribution in [0.25, 0.3) is 11.3 Å². The van der Waals surface area contributed by atoms with E-state index in [-0.39, 0.29) is 28.0 Å². The first-order valence-corrected chi connectivity index (χ1v) is 9.88. The number of benzene rings is 2. The summed E-state index contributed by atoms with van der Waals surface area (Å²) in [6.07, 6.45) is 0. The molecule has 2 aromatic carbocycles. The summed E-state index contributed by atoms with van der Waals surface area (Å²) in [5, 5.41) is 19.5. The van der Waals surface area contributed by atoms with E-state index in [1.807, 2.05) is 17.0 Å². The minimum atomic E-state index is -0.606. The van der Waals surface area contributed by atoms with E-state index < -0.39 is 4.92 Å². The lowest BCUT2D eigenvalue weighted by atomic mass is 10.1. The predicted molar refractivity (Wildman–Crippen MR) is 114 cm³/mol. The maximum Gasteiger partial charge on any atom is 0.288 e. The highest BCUT2D eigenvalue weighted by atomic mass is 35.5. The molecule has 2 heterocycles. The van der Waals surface area contributed by atoms with Crippen LogP contribution in [0.1, 0.15) is 10.4 Å². The van der Waals surface area contributed by atoms with E-state index in [1.54, 1.807) is 17.0 Å². The Labute approximate surface area is 182 Å². The average molecular weight is 442 g/mol. The van der Waals surface area contributed by atoms with Gasteiger partial charge in [0.1, 0.15) is 10.8 Å². The molecule has 0 N–H and O–H groups in total. The third-order valence-corrected chi connectivity index (χ3v) is 5.39. The Bertz CT molecular complexity index is 1120. The molecule has 0 radical (unpaired) electrons. The van der Waals surface area contributed by atoms with Crippen LogP contribution in [0.15, 0.2) is 54.6 Å². The fourth-order valence-corrected chi connectivity index (χ4v) is 3.56. The zero-order chi connectivity index (χ0) is 22.0. The van der Waals surface area contributed by atoms with Crippen molar-refractivity contribution in [3.63, 3.8) is 0 Å². The number of piperazine rings is 1. The van der Waals surface area contributed by atoms with Crippen LogP contribution in [-0.2, 0) is 0 Å². The highest BCUT2D eigenvalue weighted by Crippen LogP contribution is 2.26. The molecule has 31 heavy (non-hydrogen) atoms. The SMILES string of the molecule is O=C(c1ccc(Cl)c([N+](=O)[O-])c1)N1CCN(c2ccc(-c3ccc(F)cc3)nn2)CC1. The maximum atomic E-state index is 13.1. The first kappa shape index (κ1) is 20.7. The van der Waals surface area contributed by atoms with Crippen LogP contribution >= 0.6 is 11.6 Å². The molecule has 0 atom stereocenters. The Morgan fingerprint density at radius 1 is 1.00 bits per heavy atom. The fourth-order valence-electron chi connectivity index (χ4n) is 3.38. The molecule has 8 nitrogen and oxygen atoms in total. The summed E-state index contributed by atoms with van der Waals surface area (Å²) in [7, 11) is 0. The first-order chi connectivity index (χ1) is 14.9. The molecule has 1 aliphatic rings. The fraction of sp³-hybridized carbons (Fsp3) is 0.190. The van der Waals surface area contributed by atoms with Gasteiger partial charge in [0, 0.05) is 43.4 Å². The Morgan fingerprint density at radius 2 is 1.71 bits per heavy atom. The minimum absolute atomic E-state index is 0.00553. The van der Waals surface area contributed by atoms with Gasteiger partial charge in [0.15, 0.2) is 5.82 Å². The van der Waals surface area contributed by atoms with Gasteiger partial charge in [-0.2, -0.15) is 0 Å². The number of carbonyl (C=O) groups excluding carboxylic acids is 1. The summed E-state index contributed by atoms with van der Waals surface area (Å²) in [6.45, 7) is 1.98. The molecule has 1 aromatic heterocycles. The smallest absolute Gasteiger partial charge is 0.288 e. The number of nitrogens with zero attached hydrogens (tertiary/aromatic N) is 5. The second-order valence-electron chi connectivity index (χ2n) is 6.99. The van der Waals surface area contributed by atoms with Gasteiger partial charge in [0.25, 0.3) is 11.6 Å². The molecule has 1 amide bonds. The van der Waals surface area contributed by atoms with Crippen LogP contribution in [0.2, 0.25) is 5.02 Å².